The van der Waals surface area contributed by atoms with Gasteiger partial charge in [-0.1, -0.05) is 19.9 Å². The number of aryl methyl sites for hydroxylation is 1. The van der Waals surface area contributed by atoms with Crippen molar-refractivity contribution in [2.45, 2.75) is 26.8 Å². The SMILES string of the molecule is Cc1ccc(NC(=O)C(NC(=O)c2ccc(F)cc2)C(C)C)nc1. The normalized spacial score (nSPS) is 11.9. The van der Waals surface area contributed by atoms with Crippen LogP contribution in [0.25, 0.3) is 0 Å². The Morgan fingerprint density at radius 1 is 1.08 bits per heavy atom. The highest BCUT2D eigenvalue weighted by Crippen LogP contribution is 2.10. The molecule has 0 spiro atoms. The third-order valence-corrected chi connectivity index (χ3v) is 3.50. The highest BCUT2D eigenvalue weighted by Gasteiger charge is 2.25. The minimum Gasteiger partial charge on any atom is -0.340 e. The third kappa shape index (κ3) is 4.62. The number of hydrogen-bond donors (Lipinski definition) is 2. The molecule has 0 aliphatic heterocycles. The molecule has 6 heteroatoms. The summed E-state index contributed by atoms with van der Waals surface area (Å²) in [6.07, 6.45) is 1.65. The maximum Gasteiger partial charge on any atom is 0.251 e. The van der Waals surface area contributed by atoms with Crippen LogP contribution in [-0.2, 0) is 4.79 Å². The minimum absolute atomic E-state index is 0.125. The van der Waals surface area contributed by atoms with Gasteiger partial charge in [0.15, 0.2) is 0 Å². The third-order valence-electron chi connectivity index (χ3n) is 3.50. The molecule has 1 atom stereocenters. The zero-order valence-corrected chi connectivity index (χ0v) is 13.8. The number of pyridine rings is 1. The molecule has 2 N–H and O–H groups in total. The lowest BCUT2D eigenvalue weighted by Gasteiger charge is -2.21. The van der Waals surface area contributed by atoms with Crippen LogP contribution >= 0.6 is 0 Å². The van der Waals surface area contributed by atoms with E-state index in [2.05, 4.69) is 15.6 Å². The number of amides is 2. The van der Waals surface area contributed by atoms with E-state index in [0.29, 0.717) is 11.4 Å². The number of carbonyl (C=O) groups is 2. The van der Waals surface area contributed by atoms with E-state index in [1.54, 1.807) is 12.3 Å². The largest absolute Gasteiger partial charge is 0.340 e. The van der Waals surface area contributed by atoms with E-state index in [4.69, 9.17) is 0 Å². The number of rotatable bonds is 5. The number of hydrogen-bond acceptors (Lipinski definition) is 3. The van der Waals surface area contributed by atoms with E-state index >= 15 is 0 Å². The van der Waals surface area contributed by atoms with Crippen molar-refractivity contribution < 1.29 is 14.0 Å². The zero-order chi connectivity index (χ0) is 17.7. The first-order chi connectivity index (χ1) is 11.4. The Morgan fingerprint density at radius 2 is 1.75 bits per heavy atom. The summed E-state index contributed by atoms with van der Waals surface area (Å²) in [7, 11) is 0. The van der Waals surface area contributed by atoms with Crippen molar-refractivity contribution in [3.63, 3.8) is 0 Å². The average molecular weight is 329 g/mol. The van der Waals surface area contributed by atoms with Gasteiger partial charge in [-0.2, -0.15) is 0 Å². The van der Waals surface area contributed by atoms with Crippen LogP contribution in [0.1, 0.15) is 29.8 Å². The predicted molar refractivity (Wildman–Crippen MR) is 90.1 cm³/mol. The van der Waals surface area contributed by atoms with Gasteiger partial charge < -0.3 is 10.6 Å². The minimum atomic E-state index is -0.731. The summed E-state index contributed by atoms with van der Waals surface area (Å²) in [6.45, 7) is 5.56. The second kappa shape index (κ2) is 7.68. The molecule has 0 aliphatic carbocycles. The molecule has 1 unspecified atom stereocenters. The van der Waals surface area contributed by atoms with Crippen molar-refractivity contribution in [2.24, 2.45) is 5.92 Å². The quantitative estimate of drug-likeness (QED) is 0.886. The maximum absolute atomic E-state index is 12.9. The van der Waals surface area contributed by atoms with E-state index < -0.39 is 17.8 Å². The van der Waals surface area contributed by atoms with Gasteiger partial charge in [0, 0.05) is 11.8 Å². The molecule has 5 nitrogen and oxygen atoms in total. The summed E-state index contributed by atoms with van der Waals surface area (Å²) in [5.41, 5.74) is 1.28. The van der Waals surface area contributed by atoms with Crippen molar-refractivity contribution in [3.8, 4) is 0 Å². The van der Waals surface area contributed by atoms with Crippen molar-refractivity contribution in [3.05, 3.63) is 59.5 Å². The molecule has 0 aliphatic rings. The Balaban J connectivity index is 2.07. The van der Waals surface area contributed by atoms with Gasteiger partial charge in [0.05, 0.1) is 0 Å². The van der Waals surface area contributed by atoms with Crippen molar-refractivity contribution in [2.75, 3.05) is 5.32 Å². The van der Waals surface area contributed by atoms with Crippen LogP contribution in [0.5, 0.6) is 0 Å². The monoisotopic (exact) mass is 329 g/mol. The zero-order valence-electron chi connectivity index (χ0n) is 13.8. The van der Waals surface area contributed by atoms with Crippen molar-refractivity contribution in [1.82, 2.24) is 10.3 Å². The highest BCUT2D eigenvalue weighted by molar-refractivity contribution is 6.00. The smallest absolute Gasteiger partial charge is 0.251 e. The molecule has 1 aromatic carbocycles. The topological polar surface area (TPSA) is 71.1 Å². The summed E-state index contributed by atoms with van der Waals surface area (Å²) in [4.78, 5) is 28.8. The van der Waals surface area contributed by atoms with Crippen LogP contribution < -0.4 is 10.6 Å². The summed E-state index contributed by atoms with van der Waals surface area (Å²) in [5.74, 6) is -0.903. The number of anilines is 1. The fourth-order valence-electron chi connectivity index (χ4n) is 2.11. The fourth-order valence-corrected chi connectivity index (χ4v) is 2.11. The molecule has 1 heterocycles. The van der Waals surface area contributed by atoms with Gasteiger partial charge in [-0.15, -0.1) is 0 Å². The summed E-state index contributed by atoms with van der Waals surface area (Å²) >= 11 is 0. The highest BCUT2D eigenvalue weighted by atomic mass is 19.1. The Morgan fingerprint density at radius 3 is 2.29 bits per heavy atom. The Labute approximate surface area is 140 Å². The molecule has 1 aromatic heterocycles. The first-order valence-corrected chi connectivity index (χ1v) is 7.67. The number of halogens is 1. The molecule has 2 amide bonds. The molecule has 0 radical (unpaired) electrons. The van der Waals surface area contributed by atoms with Crippen molar-refractivity contribution >= 4 is 17.6 Å². The van der Waals surface area contributed by atoms with E-state index in [1.165, 1.54) is 24.3 Å². The van der Waals surface area contributed by atoms with Gasteiger partial charge in [-0.05, 0) is 48.7 Å². The van der Waals surface area contributed by atoms with Gasteiger partial charge >= 0.3 is 0 Å². The van der Waals surface area contributed by atoms with Gasteiger partial charge in [0.25, 0.3) is 5.91 Å². The number of nitrogens with zero attached hydrogens (tertiary/aromatic N) is 1. The summed E-state index contributed by atoms with van der Waals surface area (Å²) in [6, 6.07) is 7.97. The standard InChI is InChI=1S/C18H20FN3O2/c1-11(2)16(18(24)21-15-9-4-12(3)10-20-15)22-17(23)13-5-7-14(19)8-6-13/h4-11,16H,1-3H3,(H,22,23)(H,20,21,24). The van der Waals surface area contributed by atoms with Gasteiger partial charge in [0.1, 0.15) is 17.7 Å². The van der Waals surface area contributed by atoms with Gasteiger partial charge in [-0.3, -0.25) is 9.59 Å². The first kappa shape index (κ1) is 17.6. The number of aromatic nitrogens is 1. The fraction of sp³-hybridized carbons (Fsp3) is 0.278. The lowest BCUT2D eigenvalue weighted by Crippen LogP contribution is -2.47. The molecule has 0 saturated carbocycles. The van der Waals surface area contributed by atoms with Crippen LogP contribution in [0, 0.1) is 18.7 Å². The van der Waals surface area contributed by atoms with Crippen LogP contribution in [0.2, 0.25) is 0 Å². The number of benzene rings is 1. The number of nitrogens with one attached hydrogen (secondary N) is 2. The predicted octanol–water partition coefficient (Wildman–Crippen LogP) is 2.92. The van der Waals surface area contributed by atoms with E-state index in [0.717, 1.165) is 5.56 Å². The van der Waals surface area contributed by atoms with E-state index in [9.17, 15) is 14.0 Å². The summed E-state index contributed by atoms with van der Waals surface area (Å²) < 4.78 is 12.9. The molecule has 2 aromatic rings. The second-order valence-electron chi connectivity index (χ2n) is 5.91. The van der Waals surface area contributed by atoms with Crippen LogP contribution in [-0.4, -0.2) is 22.8 Å². The Bertz CT molecular complexity index is 712. The molecule has 0 fully saturated rings. The van der Waals surface area contributed by atoms with Gasteiger partial charge in [0.2, 0.25) is 5.91 Å². The lowest BCUT2D eigenvalue weighted by molar-refractivity contribution is -0.118. The number of carbonyl (C=O) groups excluding carboxylic acids is 2. The second-order valence-corrected chi connectivity index (χ2v) is 5.91. The molecule has 24 heavy (non-hydrogen) atoms. The average Bonchev–Trinajstić information content (AvgIpc) is 2.54. The lowest BCUT2D eigenvalue weighted by atomic mass is 10.0. The van der Waals surface area contributed by atoms with Crippen LogP contribution in [0.3, 0.4) is 0 Å². The summed E-state index contributed by atoms with van der Waals surface area (Å²) in [5, 5.41) is 5.37. The van der Waals surface area contributed by atoms with Crippen LogP contribution in [0.15, 0.2) is 42.6 Å². The van der Waals surface area contributed by atoms with E-state index in [-0.39, 0.29) is 11.8 Å². The molecule has 126 valence electrons. The van der Waals surface area contributed by atoms with Crippen molar-refractivity contribution in [1.29, 1.82) is 0 Å². The van der Waals surface area contributed by atoms with Crippen LogP contribution in [0.4, 0.5) is 10.2 Å². The Hall–Kier alpha value is -2.76. The molecular weight excluding hydrogens is 309 g/mol. The maximum atomic E-state index is 12.9. The molecule has 0 bridgehead atoms. The molecule has 2 rings (SSSR count). The molecular formula is C18H20FN3O2. The Kier molecular flexibility index (Phi) is 5.63. The first-order valence-electron chi connectivity index (χ1n) is 7.67. The molecule has 0 saturated heterocycles. The van der Waals surface area contributed by atoms with E-state index in [1.807, 2.05) is 26.8 Å². The van der Waals surface area contributed by atoms with Gasteiger partial charge in [-0.25, -0.2) is 9.37 Å².